The Bertz CT molecular complexity index is 131. The first kappa shape index (κ1) is 17.8. The summed E-state index contributed by atoms with van der Waals surface area (Å²) < 4.78 is 0. The molecule has 0 spiro atoms. The highest BCUT2D eigenvalue weighted by atomic mass is 16.3. The number of carboxylic acid groups (broad SMARTS) is 1. The van der Waals surface area contributed by atoms with Gasteiger partial charge in [-0.25, -0.2) is 0 Å². The Labute approximate surface area is 99.3 Å². The number of piperidine rings is 1. The maximum atomic E-state index is 9.23. The number of likely N-dealkylation sites (tertiary alicyclic amines) is 1. The van der Waals surface area contributed by atoms with E-state index < -0.39 is 0 Å². The lowest BCUT2D eigenvalue weighted by molar-refractivity contribution is -0.122. The van der Waals surface area contributed by atoms with E-state index in [0.717, 1.165) is 25.9 Å². The highest BCUT2D eigenvalue weighted by Gasteiger charge is 2.15. The van der Waals surface area contributed by atoms with Crippen LogP contribution in [0.3, 0.4) is 0 Å². The van der Waals surface area contributed by atoms with Crippen LogP contribution in [0.2, 0.25) is 0 Å². The average molecular weight is 233 g/mol. The van der Waals surface area contributed by atoms with Gasteiger partial charge in [0.25, 0.3) is 6.47 Å². The zero-order valence-corrected chi connectivity index (χ0v) is 10.9. The van der Waals surface area contributed by atoms with Gasteiger partial charge in [-0.1, -0.05) is 27.2 Å². The topological polar surface area (TPSA) is 60.8 Å². The van der Waals surface area contributed by atoms with Gasteiger partial charge in [-0.3, -0.25) is 4.79 Å². The Kier molecular flexibility index (Phi) is 16.0. The normalized spacial score (nSPS) is 16.5. The van der Waals surface area contributed by atoms with Gasteiger partial charge in [-0.15, -0.1) is 0 Å². The van der Waals surface area contributed by atoms with Gasteiger partial charge in [-0.05, 0) is 25.8 Å². The molecule has 0 bridgehead atoms. The minimum absolute atomic E-state index is 0.0205. The first-order valence-corrected chi connectivity index (χ1v) is 6.22. The van der Waals surface area contributed by atoms with E-state index in [4.69, 9.17) is 9.90 Å². The van der Waals surface area contributed by atoms with Crippen molar-refractivity contribution < 1.29 is 15.0 Å². The molecule has 4 nitrogen and oxygen atoms in total. The molecule has 0 aliphatic carbocycles. The molecular weight excluding hydrogens is 206 g/mol. The van der Waals surface area contributed by atoms with Crippen LogP contribution in [0.1, 0.15) is 46.5 Å². The van der Waals surface area contributed by atoms with Gasteiger partial charge >= 0.3 is 0 Å². The highest BCUT2D eigenvalue weighted by Crippen LogP contribution is 2.10. The van der Waals surface area contributed by atoms with Crippen molar-refractivity contribution in [2.45, 2.75) is 52.6 Å². The molecule has 0 aromatic heterocycles. The Morgan fingerprint density at radius 2 is 1.75 bits per heavy atom. The van der Waals surface area contributed by atoms with E-state index >= 15 is 0 Å². The van der Waals surface area contributed by atoms with E-state index in [2.05, 4.69) is 11.8 Å². The van der Waals surface area contributed by atoms with Gasteiger partial charge in [0.2, 0.25) is 0 Å². The summed E-state index contributed by atoms with van der Waals surface area (Å²) in [5.41, 5.74) is 0. The largest absolute Gasteiger partial charge is 0.483 e. The van der Waals surface area contributed by atoms with Crippen molar-refractivity contribution in [3.05, 3.63) is 0 Å². The number of carbonyl (C=O) groups is 1. The fraction of sp³-hybridized carbons (Fsp3) is 0.917. The van der Waals surface area contributed by atoms with Crippen molar-refractivity contribution in [1.82, 2.24) is 4.90 Å². The molecule has 2 N–H and O–H groups in total. The second-order valence-corrected chi connectivity index (χ2v) is 3.53. The van der Waals surface area contributed by atoms with Crippen molar-refractivity contribution in [3.8, 4) is 0 Å². The molecule has 1 heterocycles. The number of hydrogen-bond acceptors (Lipinski definition) is 3. The third-order valence-corrected chi connectivity index (χ3v) is 2.38. The molecule has 0 atom stereocenters. The van der Waals surface area contributed by atoms with Gasteiger partial charge in [0.1, 0.15) is 0 Å². The van der Waals surface area contributed by atoms with E-state index in [1.165, 1.54) is 19.4 Å². The predicted molar refractivity (Wildman–Crippen MR) is 66.6 cm³/mol. The molecule has 1 saturated heterocycles. The van der Waals surface area contributed by atoms with E-state index in [1.807, 2.05) is 13.8 Å². The van der Waals surface area contributed by atoms with Crippen molar-refractivity contribution in [1.29, 1.82) is 0 Å². The first-order valence-electron chi connectivity index (χ1n) is 6.22. The van der Waals surface area contributed by atoms with Crippen LogP contribution >= 0.6 is 0 Å². The molecule has 0 aromatic carbocycles. The average Bonchev–Trinajstić information content (AvgIpc) is 2.32. The van der Waals surface area contributed by atoms with Crippen molar-refractivity contribution >= 4 is 6.47 Å². The molecule has 1 aliphatic heterocycles. The second kappa shape index (κ2) is 14.4. The number of rotatable bonds is 3. The van der Waals surface area contributed by atoms with Gasteiger partial charge in [0.05, 0.1) is 6.10 Å². The summed E-state index contributed by atoms with van der Waals surface area (Å²) >= 11 is 0. The third kappa shape index (κ3) is 11.5. The van der Waals surface area contributed by atoms with E-state index in [9.17, 15) is 5.11 Å². The lowest BCUT2D eigenvalue weighted by Gasteiger charge is -2.29. The summed E-state index contributed by atoms with van der Waals surface area (Å²) in [6, 6.07) is 0. The third-order valence-electron chi connectivity index (χ3n) is 2.38. The monoisotopic (exact) mass is 233 g/mol. The molecule has 1 aliphatic rings. The number of nitrogens with zero attached hydrogens (tertiary/aromatic N) is 1. The van der Waals surface area contributed by atoms with Crippen LogP contribution in [-0.4, -0.2) is 47.3 Å². The quantitative estimate of drug-likeness (QED) is 0.732. The molecule has 0 amide bonds. The molecule has 1 fully saturated rings. The summed E-state index contributed by atoms with van der Waals surface area (Å²) in [5, 5.41) is 16.1. The first-order chi connectivity index (χ1) is 7.74. The summed E-state index contributed by atoms with van der Waals surface area (Å²) in [5.74, 6) is 0. The number of aliphatic hydroxyl groups is 1. The maximum absolute atomic E-state index is 9.23. The van der Waals surface area contributed by atoms with E-state index in [0.29, 0.717) is 0 Å². The summed E-state index contributed by atoms with van der Waals surface area (Å²) in [6.07, 6.45) is 4.51. The van der Waals surface area contributed by atoms with Crippen LogP contribution in [0.15, 0.2) is 0 Å². The van der Waals surface area contributed by atoms with E-state index in [-0.39, 0.29) is 12.6 Å². The van der Waals surface area contributed by atoms with Crippen LogP contribution in [0, 0.1) is 0 Å². The molecule has 1 rings (SSSR count). The van der Waals surface area contributed by atoms with Crippen molar-refractivity contribution in [3.63, 3.8) is 0 Å². The Morgan fingerprint density at radius 3 is 2.12 bits per heavy atom. The summed E-state index contributed by atoms with van der Waals surface area (Å²) in [7, 11) is 0. The Morgan fingerprint density at radius 1 is 1.31 bits per heavy atom. The van der Waals surface area contributed by atoms with Crippen LogP contribution in [0.25, 0.3) is 0 Å². The van der Waals surface area contributed by atoms with Crippen LogP contribution in [-0.2, 0) is 4.79 Å². The zero-order chi connectivity index (χ0) is 12.8. The van der Waals surface area contributed by atoms with Crippen molar-refractivity contribution in [2.75, 3.05) is 19.6 Å². The van der Waals surface area contributed by atoms with Crippen molar-refractivity contribution in [2.24, 2.45) is 0 Å². The molecule has 98 valence electrons. The van der Waals surface area contributed by atoms with Gasteiger partial charge < -0.3 is 15.1 Å². The van der Waals surface area contributed by atoms with Gasteiger partial charge in [0.15, 0.2) is 0 Å². The minimum atomic E-state index is -0.250. The predicted octanol–water partition coefficient (Wildman–Crippen LogP) is 1.97. The SMILES string of the molecule is CC.CCCCN1CCC(O)CC1.O=CO. The standard InChI is InChI=1S/C9H19NO.C2H6.CH2O2/c1-2-3-6-10-7-4-9(11)5-8-10;1-2;2-1-3/h9,11H,2-8H2,1H3;1-2H3;1H,(H,2,3). The van der Waals surface area contributed by atoms with Crippen LogP contribution < -0.4 is 0 Å². The highest BCUT2D eigenvalue weighted by molar-refractivity contribution is 5.32. The molecule has 0 radical (unpaired) electrons. The molecule has 0 unspecified atom stereocenters. The number of unbranched alkanes of at least 4 members (excludes halogenated alkanes) is 1. The van der Waals surface area contributed by atoms with Crippen LogP contribution in [0.5, 0.6) is 0 Å². The molecule has 0 aromatic rings. The molecular formula is C12H27NO3. The Balaban J connectivity index is 0. The fourth-order valence-electron chi connectivity index (χ4n) is 1.52. The van der Waals surface area contributed by atoms with E-state index in [1.54, 1.807) is 0 Å². The maximum Gasteiger partial charge on any atom is 0.290 e. The fourth-order valence-corrected chi connectivity index (χ4v) is 1.52. The van der Waals surface area contributed by atoms with Gasteiger partial charge in [-0.2, -0.15) is 0 Å². The lowest BCUT2D eigenvalue weighted by atomic mass is 10.1. The molecule has 16 heavy (non-hydrogen) atoms. The Hall–Kier alpha value is -0.610. The second-order valence-electron chi connectivity index (χ2n) is 3.53. The smallest absolute Gasteiger partial charge is 0.290 e. The van der Waals surface area contributed by atoms with Gasteiger partial charge in [0, 0.05) is 13.1 Å². The minimum Gasteiger partial charge on any atom is -0.483 e. The lowest BCUT2D eigenvalue weighted by Crippen LogP contribution is -2.36. The molecule has 0 saturated carbocycles. The molecule has 4 heteroatoms. The summed E-state index contributed by atoms with van der Waals surface area (Å²) in [6.45, 7) is 9.39. The number of hydrogen-bond donors (Lipinski definition) is 2. The summed E-state index contributed by atoms with van der Waals surface area (Å²) in [4.78, 5) is 10.8. The zero-order valence-electron chi connectivity index (χ0n) is 10.9. The van der Waals surface area contributed by atoms with Crippen LogP contribution in [0.4, 0.5) is 0 Å². The number of aliphatic hydroxyl groups excluding tert-OH is 1.